The molecule has 2 aliphatic rings. The maximum absolute atomic E-state index is 14.0. The molecule has 1 amide bonds. The van der Waals surface area contributed by atoms with Crippen molar-refractivity contribution in [1.82, 2.24) is 24.7 Å². The number of amidine groups is 1. The number of carbonyl (C=O) groups is 1. The number of benzene rings is 1. The maximum atomic E-state index is 14.0. The fraction of sp³-hybridized carbons (Fsp3) is 0.455. The smallest absolute Gasteiger partial charge is 0.407 e. The Morgan fingerprint density at radius 1 is 1.07 bits per heavy atom. The van der Waals surface area contributed by atoms with Crippen molar-refractivity contribution in [3.63, 3.8) is 0 Å². The van der Waals surface area contributed by atoms with E-state index in [9.17, 15) is 9.18 Å². The molecule has 4 N–H and O–H groups in total. The Balaban J connectivity index is 1.29. The van der Waals surface area contributed by atoms with Gasteiger partial charge in [-0.1, -0.05) is 11.6 Å². The number of nitrogens with zero attached hydrogens (tertiary/aromatic N) is 5. The Labute approximate surface area is 272 Å². The summed E-state index contributed by atoms with van der Waals surface area (Å²) in [5.74, 6) is -0.315. The summed E-state index contributed by atoms with van der Waals surface area (Å²) in [5, 5.41) is 16.2. The molecule has 1 aromatic carbocycles. The minimum atomic E-state index is -0.554. The number of anilines is 1. The second-order valence-electron chi connectivity index (χ2n) is 13.0. The number of amides is 1. The number of halogens is 2. The van der Waals surface area contributed by atoms with E-state index in [4.69, 9.17) is 26.8 Å². The number of ether oxygens (including phenoxy) is 2. The Kier molecular flexibility index (Phi) is 9.19. The Bertz CT molecular complexity index is 1730. The molecule has 3 aromatic heterocycles. The van der Waals surface area contributed by atoms with Crippen LogP contribution in [0.15, 0.2) is 54.0 Å². The van der Waals surface area contributed by atoms with Gasteiger partial charge in [0.2, 0.25) is 0 Å². The van der Waals surface area contributed by atoms with Crippen LogP contribution in [0.5, 0.6) is 0 Å². The number of rotatable bonds is 7. The first kappa shape index (κ1) is 31.8. The minimum absolute atomic E-state index is 0.0242. The maximum Gasteiger partial charge on any atom is 0.407 e. The predicted molar refractivity (Wildman–Crippen MR) is 176 cm³/mol. The van der Waals surface area contributed by atoms with Crippen LogP contribution < -0.4 is 16.4 Å². The summed E-state index contributed by atoms with van der Waals surface area (Å²) in [6, 6.07) is 6.13. The number of hydrogen-bond donors (Lipinski definition) is 3. The zero-order valence-electron chi connectivity index (χ0n) is 26.3. The number of hydrogen-bond acceptors (Lipinski definition) is 7. The van der Waals surface area contributed by atoms with Crippen molar-refractivity contribution in [1.29, 1.82) is 0 Å². The summed E-state index contributed by atoms with van der Waals surface area (Å²) in [7, 11) is 0. The van der Waals surface area contributed by atoms with E-state index in [1.807, 2.05) is 50.1 Å². The van der Waals surface area contributed by atoms with E-state index < -0.39 is 17.5 Å². The van der Waals surface area contributed by atoms with E-state index in [2.05, 4.69) is 25.8 Å². The number of aliphatic imine (C=N–C) groups is 1. The van der Waals surface area contributed by atoms with Crippen molar-refractivity contribution in [3.05, 3.63) is 65.5 Å². The van der Waals surface area contributed by atoms with Crippen LogP contribution >= 0.6 is 11.6 Å². The largest absolute Gasteiger partial charge is 0.444 e. The van der Waals surface area contributed by atoms with Gasteiger partial charge < -0.3 is 25.8 Å². The first-order valence-corrected chi connectivity index (χ1v) is 16.1. The highest BCUT2D eigenvalue weighted by molar-refractivity contribution is 6.33. The number of nitrogens with one attached hydrogen (secondary N) is 2. The van der Waals surface area contributed by atoms with Crippen LogP contribution in [0.4, 0.5) is 20.6 Å². The van der Waals surface area contributed by atoms with Crippen LogP contribution in [-0.2, 0) is 9.47 Å². The minimum Gasteiger partial charge on any atom is -0.444 e. The Morgan fingerprint density at radius 2 is 1.85 bits per heavy atom. The van der Waals surface area contributed by atoms with E-state index in [0.29, 0.717) is 5.56 Å². The summed E-state index contributed by atoms with van der Waals surface area (Å²) in [6.45, 7) is 6.28. The van der Waals surface area contributed by atoms with E-state index in [0.717, 1.165) is 73.9 Å². The normalized spacial score (nSPS) is 20.9. The molecular formula is C33H40ClFN8O3. The molecule has 0 spiro atoms. The molecule has 1 atom stereocenters. The van der Waals surface area contributed by atoms with Crippen LogP contribution in [-0.4, -0.2) is 55.6 Å². The molecule has 4 heterocycles. The van der Waals surface area contributed by atoms with Crippen molar-refractivity contribution in [2.24, 2.45) is 10.7 Å². The van der Waals surface area contributed by atoms with Gasteiger partial charge in [0.25, 0.3) is 0 Å². The lowest BCUT2D eigenvalue weighted by Crippen LogP contribution is -2.42. The highest BCUT2D eigenvalue weighted by atomic mass is 35.5. The fourth-order valence-electron chi connectivity index (χ4n) is 5.96. The lowest BCUT2D eigenvalue weighted by Gasteiger charge is -2.31. The van der Waals surface area contributed by atoms with Crippen molar-refractivity contribution in [2.45, 2.75) is 89.6 Å². The summed E-state index contributed by atoms with van der Waals surface area (Å²) >= 11 is 6.31. The number of nitrogens with two attached hydrogens (primary N) is 1. The number of alkyl carbamates (subject to hydrolysis) is 1. The van der Waals surface area contributed by atoms with Gasteiger partial charge in [-0.25, -0.2) is 23.4 Å². The average Bonchev–Trinajstić information content (AvgIpc) is 3.68. The molecule has 2 fully saturated rings. The number of fused-ring (bicyclic) bond motifs is 1. The van der Waals surface area contributed by atoms with Crippen LogP contribution in [0.2, 0.25) is 5.02 Å². The molecule has 1 aliphatic carbocycles. The number of aromatic nitrogens is 4. The average molecular weight is 651 g/mol. The zero-order chi connectivity index (χ0) is 32.4. The molecule has 1 aliphatic heterocycles. The van der Waals surface area contributed by atoms with Gasteiger partial charge in [-0.15, -0.1) is 0 Å². The van der Waals surface area contributed by atoms with Gasteiger partial charge in [0.05, 0.1) is 39.9 Å². The predicted octanol–water partition coefficient (Wildman–Crippen LogP) is 6.97. The summed E-state index contributed by atoms with van der Waals surface area (Å²) in [4.78, 5) is 16.8. The molecule has 1 unspecified atom stereocenters. The zero-order valence-corrected chi connectivity index (χ0v) is 27.1. The highest BCUT2D eigenvalue weighted by Crippen LogP contribution is 2.33. The first-order chi connectivity index (χ1) is 22.0. The van der Waals surface area contributed by atoms with E-state index in [-0.39, 0.29) is 34.9 Å². The van der Waals surface area contributed by atoms with E-state index in [1.54, 1.807) is 10.7 Å². The third-order valence-electron chi connectivity index (χ3n) is 8.24. The highest BCUT2D eigenvalue weighted by Gasteiger charge is 2.27. The number of carbonyl (C=O) groups excluding carboxylic acids is 1. The van der Waals surface area contributed by atoms with E-state index in [1.165, 1.54) is 18.2 Å². The molecule has 1 saturated heterocycles. The van der Waals surface area contributed by atoms with Crippen molar-refractivity contribution in [2.75, 3.05) is 11.9 Å². The van der Waals surface area contributed by atoms with Gasteiger partial charge in [0.15, 0.2) is 0 Å². The Hall–Kier alpha value is -4.16. The second kappa shape index (κ2) is 13.3. The molecule has 4 aromatic rings. The lowest BCUT2D eigenvalue weighted by molar-refractivity contribution is -0.0394. The summed E-state index contributed by atoms with van der Waals surface area (Å²) < 4.78 is 29.1. The van der Waals surface area contributed by atoms with Gasteiger partial charge >= 0.3 is 6.09 Å². The van der Waals surface area contributed by atoms with Gasteiger partial charge in [-0.3, -0.25) is 0 Å². The van der Waals surface area contributed by atoms with Crippen molar-refractivity contribution < 1.29 is 18.7 Å². The summed E-state index contributed by atoms with van der Waals surface area (Å²) in [6.07, 6.45) is 13.3. The summed E-state index contributed by atoms with van der Waals surface area (Å²) in [5.41, 5.74) is 10.2. The first-order valence-electron chi connectivity index (χ1n) is 15.8. The third-order valence-corrected chi connectivity index (χ3v) is 8.56. The fourth-order valence-corrected chi connectivity index (χ4v) is 6.12. The lowest BCUT2D eigenvalue weighted by atomic mass is 9.91. The van der Waals surface area contributed by atoms with E-state index >= 15 is 0 Å². The topological polar surface area (TPSA) is 133 Å². The molecule has 11 nitrogen and oxygen atoms in total. The van der Waals surface area contributed by atoms with Crippen molar-refractivity contribution >= 4 is 40.4 Å². The molecule has 0 radical (unpaired) electrons. The Morgan fingerprint density at radius 3 is 2.59 bits per heavy atom. The van der Waals surface area contributed by atoms with Gasteiger partial charge in [0, 0.05) is 48.3 Å². The molecule has 0 bridgehead atoms. The van der Waals surface area contributed by atoms with Crippen LogP contribution in [0, 0.1) is 5.82 Å². The monoisotopic (exact) mass is 650 g/mol. The van der Waals surface area contributed by atoms with Crippen LogP contribution in [0.3, 0.4) is 0 Å². The SMILES string of the molecule is CC(C)(C)OC(=O)NC1CCC(Nc2c(C(N)=Nc3cc(F)ccc3Cl)cnn3cc(-c4cnn(C5CCCCO5)c4)cc23)CC1. The molecule has 46 heavy (non-hydrogen) atoms. The standard InChI is InChI=1S/C33H40ClFN8O3/c1-33(2,3)46-32(44)40-24-10-8-23(9-11-24)39-30-25(31(36)41-27-15-22(35)7-12-26(27)34)17-38-42-18-20(14-28(30)42)21-16-37-43(19-21)29-6-4-5-13-45-29/h7,12,14-19,23-24,29,39H,4-6,8-11,13H2,1-3H3,(H2,36,41)(H,40,44). The molecule has 1 saturated carbocycles. The third kappa shape index (κ3) is 7.45. The molecular weight excluding hydrogens is 611 g/mol. The quantitative estimate of drug-likeness (QED) is 0.145. The molecule has 244 valence electrons. The van der Waals surface area contributed by atoms with Crippen LogP contribution in [0.25, 0.3) is 16.6 Å². The molecule has 6 rings (SSSR count). The van der Waals surface area contributed by atoms with Gasteiger partial charge in [-0.2, -0.15) is 10.2 Å². The van der Waals surface area contributed by atoms with Gasteiger partial charge in [0.1, 0.15) is 23.5 Å². The van der Waals surface area contributed by atoms with Crippen LogP contribution in [0.1, 0.15) is 77.5 Å². The van der Waals surface area contributed by atoms with Gasteiger partial charge in [-0.05, 0) is 83.9 Å². The molecule has 13 heteroatoms. The van der Waals surface area contributed by atoms with Crippen molar-refractivity contribution in [3.8, 4) is 11.1 Å². The second-order valence-corrected chi connectivity index (χ2v) is 13.4.